The zero-order chi connectivity index (χ0) is 10.8. The third-order valence-corrected chi connectivity index (χ3v) is 2.62. The molecule has 2 nitrogen and oxygen atoms in total. The first-order valence-corrected chi connectivity index (χ1v) is 5.85. The molecule has 0 saturated carbocycles. The Balaban J connectivity index is 3.23. The van der Waals surface area contributed by atoms with Gasteiger partial charge in [0.05, 0.1) is 5.92 Å². The first-order chi connectivity index (χ1) is 6.72. The number of carbonyl (C=O) groups excluding carboxylic acids is 1. The predicted octanol–water partition coefficient (Wildman–Crippen LogP) is 4.07. The van der Waals surface area contributed by atoms with Gasteiger partial charge in [-0.3, -0.25) is 4.79 Å². The van der Waals surface area contributed by atoms with E-state index in [1.54, 1.807) is 0 Å². The van der Waals surface area contributed by atoms with Gasteiger partial charge >= 0.3 is 5.97 Å². The average molecular weight is 221 g/mol. The molecular formula is C11H21ClO2. The van der Waals surface area contributed by atoms with Gasteiger partial charge in [0, 0.05) is 0 Å². The number of carbonyl (C=O) groups is 1. The Labute approximate surface area is 92.1 Å². The van der Waals surface area contributed by atoms with E-state index >= 15 is 0 Å². The highest BCUT2D eigenvalue weighted by atomic mass is 35.5. The van der Waals surface area contributed by atoms with Crippen LogP contribution in [0.5, 0.6) is 0 Å². The van der Waals surface area contributed by atoms with Gasteiger partial charge < -0.3 is 4.29 Å². The summed E-state index contributed by atoms with van der Waals surface area (Å²) in [6.45, 7) is 4.06. The van der Waals surface area contributed by atoms with Crippen molar-refractivity contribution in [2.45, 2.75) is 58.8 Å². The van der Waals surface area contributed by atoms with Crippen LogP contribution in [0.3, 0.4) is 0 Å². The summed E-state index contributed by atoms with van der Waals surface area (Å²) >= 11 is 4.98. The van der Waals surface area contributed by atoms with E-state index in [9.17, 15) is 4.79 Å². The number of rotatable bonds is 8. The zero-order valence-electron chi connectivity index (χ0n) is 9.22. The Morgan fingerprint density at radius 1 is 1.21 bits per heavy atom. The number of hydrogen-bond acceptors (Lipinski definition) is 2. The summed E-state index contributed by atoms with van der Waals surface area (Å²) in [5.41, 5.74) is 0. The molecule has 1 atom stereocenters. The Morgan fingerprint density at radius 3 is 2.36 bits per heavy atom. The molecule has 84 valence electrons. The third-order valence-electron chi connectivity index (χ3n) is 2.47. The first kappa shape index (κ1) is 13.8. The molecule has 0 aromatic carbocycles. The smallest absolute Gasteiger partial charge is 0.327 e. The van der Waals surface area contributed by atoms with Gasteiger partial charge in [0.25, 0.3) is 0 Å². The van der Waals surface area contributed by atoms with Gasteiger partial charge in [-0.05, 0) is 6.42 Å². The molecule has 0 aliphatic heterocycles. The Morgan fingerprint density at radius 2 is 1.79 bits per heavy atom. The highest BCUT2D eigenvalue weighted by molar-refractivity contribution is 6.13. The van der Waals surface area contributed by atoms with Gasteiger partial charge in [-0.1, -0.05) is 52.4 Å². The van der Waals surface area contributed by atoms with Crippen LogP contribution >= 0.6 is 11.9 Å². The normalized spacial score (nSPS) is 12.5. The van der Waals surface area contributed by atoms with Crippen molar-refractivity contribution < 1.29 is 9.08 Å². The van der Waals surface area contributed by atoms with Gasteiger partial charge in [-0.25, -0.2) is 0 Å². The van der Waals surface area contributed by atoms with Gasteiger partial charge in [-0.15, -0.1) is 0 Å². The fourth-order valence-electron chi connectivity index (χ4n) is 1.42. The van der Waals surface area contributed by atoms with Gasteiger partial charge in [-0.2, -0.15) is 0 Å². The van der Waals surface area contributed by atoms with Crippen molar-refractivity contribution in [1.82, 2.24) is 0 Å². The van der Waals surface area contributed by atoms with Crippen molar-refractivity contribution >= 4 is 17.8 Å². The van der Waals surface area contributed by atoms with Crippen LogP contribution in [0.2, 0.25) is 0 Å². The van der Waals surface area contributed by atoms with Crippen LogP contribution in [0.25, 0.3) is 0 Å². The molecule has 0 aliphatic carbocycles. The molecule has 0 bridgehead atoms. The lowest BCUT2D eigenvalue weighted by molar-refractivity contribution is -0.138. The minimum atomic E-state index is -0.305. The van der Waals surface area contributed by atoms with Crippen LogP contribution in [-0.2, 0) is 9.08 Å². The fourth-order valence-corrected chi connectivity index (χ4v) is 1.58. The molecule has 0 aromatic heterocycles. The van der Waals surface area contributed by atoms with E-state index in [4.69, 9.17) is 11.9 Å². The van der Waals surface area contributed by atoms with Gasteiger partial charge in [0.1, 0.15) is 11.9 Å². The van der Waals surface area contributed by atoms with E-state index in [-0.39, 0.29) is 11.9 Å². The maximum Gasteiger partial charge on any atom is 0.327 e. The summed E-state index contributed by atoms with van der Waals surface area (Å²) in [6, 6.07) is 0. The van der Waals surface area contributed by atoms with Crippen molar-refractivity contribution in [2.75, 3.05) is 0 Å². The average Bonchev–Trinajstić information content (AvgIpc) is 2.21. The minimum absolute atomic E-state index is 0.0568. The van der Waals surface area contributed by atoms with Crippen molar-refractivity contribution in [1.29, 1.82) is 0 Å². The second-order valence-corrected chi connectivity index (χ2v) is 4.01. The van der Waals surface area contributed by atoms with Crippen LogP contribution in [0.4, 0.5) is 0 Å². The Bertz CT molecular complexity index is 148. The first-order valence-electron chi connectivity index (χ1n) is 5.54. The quantitative estimate of drug-likeness (QED) is 0.577. The van der Waals surface area contributed by atoms with Gasteiger partial charge in [0.15, 0.2) is 0 Å². The molecule has 0 spiro atoms. The SMILES string of the molecule is CCCCCCCC[C@H](C)C(=O)OCl. The van der Waals surface area contributed by atoms with Crippen molar-refractivity contribution in [3.05, 3.63) is 0 Å². The highest BCUT2D eigenvalue weighted by Gasteiger charge is 2.12. The lowest BCUT2D eigenvalue weighted by atomic mass is 10.0. The fraction of sp³-hybridized carbons (Fsp3) is 0.909. The van der Waals surface area contributed by atoms with Crippen LogP contribution in [-0.4, -0.2) is 5.97 Å². The molecule has 3 heteroatoms. The van der Waals surface area contributed by atoms with Crippen LogP contribution < -0.4 is 0 Å². The van der Waals surface area contributed by atoms with E-state index < -0.39 is 0 Å². The minimum Gasteiger partial charge on any atom is -0.347 e. The molecule has 0 N–H and O–H groups in total. The predicted molar refractivity (Wildman–Crippen MR) is 59.1 cm³/mol. The lowest BCUT2D eigenvalue weighted by Gasteiger charge is -2.06. The van der Waals surface area contributed by atoms with E-state index in [0.29, 0.717) is 0 Å². The van der Waals surface area contributed by atoms with Crippen molar-refractivity contribution in [3.63, 3.8) is 0 Å². The Kier molecular flexibility index (Phi) is 9.16. The maximum atomic E-state index is 10.9. The van der Waals surface area contributed by atoms with Gasteiger partial charge in [0.2, 0.25) is 0 Å². The number of halogens is 1. The Hall–Kier alpha value is -0.240. The van der Waals surface area contributed by atoms with Crippen molar-refractivity contribution in [3.8, 4) is 0 Å². The largest absolute Gasteiger partial charge is 0.347 e. The number of unbranched alkanes of at least 4 members (excludes halogenated alkanes) is 5. The molecule has 0 fully saturated rings. The molecule has 0 radical (unpaired) electrons. The van der Waals surface area contributed by atoms with Crippen LogP contribution in [0.1, 0.15) is 58.8 Å². The highest BCUT2D eigenvalue weighted by Crippen LogP contribution is 2.13. The molecule has 0 rings (SSSR count). The molecule has 0 saturated heterocycles. The van der Waals surface area contributed by atoms with Crippen LogP contribution in [0, 0.1) is 5.92 Å². The standard InChI is InChI=1S/C11H21ClO2/c1-3-4-5-6-7-8-9-10(2)11(13)14-12/h10H,3-9H2,1-2H3/t10-/m0/s1. The summed E-state index contributed by atoms with van der Waals surface area (Å²) in [5, 5.41) is 0. The molecule has 0 unspecified atom stereocenters. The van der Waals surface area contributed by atoms with E-state index in [1.165, 1.54) is 32.1 Å². The topological polar surface area (TPSA) is 26.3 Å². The maximum absolute atomic E-state index is 10.9. The van der Waals surface area contributed by atoms with Crippen LogP contribution in [0.15, 0.2) is 0 Å². The molecule has 0 heterocycles. The molecule has 0 amide bonds. The molecular weight excluding hydrogens is 200 g/mol. The summed E-state index contributed by atoms with van der Waals surface area (Å²) in [4.78, 5) is 10.9. The number of hydrogen-bond donors (Lipinski definition) is 0. The molecule has 0 aliphatic rings. The van der Waals surface area contributed by atoms with E-state index in [2.05, 4.69) is 11.2 Å². The van der Waals surface area contributed by atoms with Crippen molar-refractivity contribution in [2.24, 2.45) is 5.92 Å². The van der Waals surface area contributed by atoms with E-state index in [1.807, 2.05) is 6.92 Å². The summed E-state index contributed by atoms with van der Waals surface area (Å²) in [5.74, 6) is -0.362. The third kappa shape index (κ3) is 7.19. The summed E-state index contributed by atoms with van der Waals surface area (Å²) < 4.78 is 4.14. The monoisotopic (exact) mass is 220 g/mol. The lowest BCUT2D eigenvalue weighted by Crippen LogP contribution is -2.10. The second kappa shape index (κ2) is 9.32. The second-order valence-electron chi connectivity index (χ2n) is 3.85. The zero-order valence-corrected chi connectivity index (χ0v) is 9.98. The summed E-state index contributed by atoms with van der Waals surface area (Å²) in [6.07, 6.45) is 8.37. The van der Waals surface area contributed by atoms with E-state index in [0.717, 1.165) is 12.8 Å². The summed E-state index contributed by atoms with van der Waals surface area (Å²) in [7, 11) is 0. The molecule has 0 aromatic rings. The molecule has 14 heavy (non-hydrogen) atoms.